The number of amides is 1. The normalized spacial score (nSPS) is 30.6. The number of rotatable bonds is 3. The van der Waals surface area contributed by atoms with E-state index in [4.69, 9.17) is 12.2 Å². The molecule has 20 heavy (non-hydrogen) atoms. The molecular formula is C14H25N3OS2. The number of likely N-dealkylation sites (N-methyl/N-ethyl adjacent to an activating group) is 1. The zero-order valence-corrected chi connectivity index (χ0v) is 14.4. The molecule has 2 aliphatic rings. The van der Waals surface area contributed by atoms with Crippen LogP contribution in [0, 0.1) is 5.41 Å². The maximum atomic E-state index is 12.7. The van der Waals surface area contributed by atoms with Gasteiger partial charge in [0.1, 0.15) is 6.04 Å². The summed E-state index contributed by atoms with van der Waals surface area (Å²) in [5, 5.41) is 6.72. The third kappa shape index (κ3) is 3.46. The Labute approximate surface area is 131 Å². The van der Waals surface area contributed by atoms with Gasteiger partial charge in [-0.2, -0.15) is 0 Å². The van der Waals surface area contributed by atoms with Crippen LogP contribution in [0.4, 0.5) is 0 Å². The van der Waals surface area contributed by atoms with Crippen molar-refractivity contribution in [3.63, 3.8) is 0 Å². The third-order valence-corrected chi connectivity index (χ3v) is 5.86. The van der Waals surface area contributed by atoms with Gasteiger partial charge in [0.15, 0.2) is 0 Å². The van der Waals surface area contributed by atoms with E-state index < -0.39 is 0 Å². The Balaban J connectivity index is 2.05. The van der Waals surface area contributed by atoms with Crippen LogP contribution < -0.4 is 10.6 Å². The van der Waals surface area contributed by atoms with Crippen LogP contribution >= 0.6 is 24.0 Å². The molecule has 2 saturated heterocycles. The monoisotopic (exact) mass is 315 g/mol. The van der Waals surface area contributed by atoms with Crippen molar-refractivity contribution >= 4 is 34.9 Å². The molecule has 0 saturated carbocycles. The lowest BCUT2D eigenvalue weighted by molar-refractivity contribution is -0.132. The fourth-order valence-corrected chi connectivity index (χ4v) is 4.62. The molecular weight excluding hydrogens is 290 g/mol. The van der Waals surface area contributed by atoms with E-state index in [9.17, 15) is 4.79 Å². The van der Waals surface area contributed by atoms with Crippen LogP contribution in [0.5, 0.6) is 0 Å². The summed E-state index contributed by atoms with van der Waals surface area (Å²) in [4.78, 5) is 15.5. The number of carbonyl (C=O) groups excluding carboxylic acids is 1. The molecule has 0 spiro atoms. The van der Waals surface area contributed by atoms with E-state index >= 15 is 0 Å². The minimum atomic E-state index is -0.162. The lowest BCUT2D eigenvalue weighted by Gasteiger charge is -2.27. The van der Waals surface area contributed by atoms with E-state index in [0.717, 1.165) is 30.1 Å². The molecule has 2 aliphatic heterocycles. The summed E-state index contributed by atoms with van der Waals surface area (Å²) < 4.78 is 0. The van der Waals surface area contributed by atoms with Crippen molar-refractivity contribution in [2.45, 2.75) is 51.1 Å². The first-order chi connectivity index (χ1) is 9.34. The zero-order valence-electron chi connectivity index (χ0n) is 12.7. The summed E-state index contributed by atoms with van der Waals surface area (Å²) in [6, 6.07) is -0.0655. The quantitative estimate of drug-likeness (QED) is 0.775. The van der Waals surface area contributed by atoms with Crippen molar-refractivity contribution in [3.8, 4) is 0 Å². The number of hydrogen-bond donors (Lipinski definition) is 2. The molecule has 2 heterocycles. The molecule has 3 atom stereocenters. The minimum Gasteiger partial charge on any atom is -0.367 e. The topological polar surface area (TPSA) is 44.4 Å². The minimum absolute atomic E-state index is 0.0968. The van der Waals surface area contributed by atoms with E-state index in [-0.39, 0.29) is 23.4 Å². The Morgan fingerprint density at radius 1 is 1.55 bits per heavy atom. The van der Waals surface area contributed by atoms with Gasteiger partial charge in [-0.05, 0) is 38.0 Å². The Morgan fingerprint density at radius 3 is 2.90 bits per heavy atom. The van der Waals surface area contributed by atoms with Crippen molar-refractivity contribution in [1.82, 2.24) is 15.5 Å². The van der Waals surface area contributed by atoms with Crippen molar-refractivity contribution in [3.05, 3.63) is 0 Å². The first-order valence-electron chi connectivity index (χ1n) is 7.24. The lowest BCUT2D eigenvalue weighted by Crippen LogP contribution is -2.51. The van der Waals surface area contributed by atoms with Crippen molar-refractivity contribution in [2.24, 2.45) is 5.41 Å². The number of nitrogens with zero attached hydrogens (tertiary/aromatic N) is 1. The lowest BCUT2D eigenvalue weighted by atomic mass is 9.93. The molecule has 4 nitrogen and oxygen atoms in total. The molecule has 0 aromatic heterocycles. The Kier molecular flexibility index (Phi) is 4.97. The van der Waals surface area contributed by atoms with E-state index in [1.165, 1.54) is 0 Å². The molecule has 0 aliphatic carbocycles. The van der Waals surface area contributed by atoms with Crippen LogP contribution in [-0.2, 0) is 4.79 Å². The standard InChI is InChI=1S/C14H25N3OS2/c1-9(15-4)12(19)16-10-5-6-20-11-7-14(2,3)8-17(11)13(10)18/h9-11,15H,5-8H2,1-4H3,(H,16,19)/t9-,10?,11?/m0/s1. The number of thioether (sulfide) groups is 1. The molecule has 114 valence electrons. The zero-order chi connectivity index (χ0) is 14.9. The summed E-state index contributed by atoms with van der Waals surface area (Å²) in [5.41, 5.74) is 0.230. The summed E-state index contributed by atoms with van der Waals surface area (Å²) >= 11 is 7.28. The first kappa shape index (κ1) is 16.0. The number of nitrogens with one attached hydrogen (secondary N) is 2. The highest BCUT2D eigenvalue weighted by Gasteiger charge is 2.43. The van der Waals surface area contributed by atoms with Gasteiger partial charge in [0, 0.05) is 6.54 Å². The van der Waals surface area contributed by atoms with Gasteiger partial charge in [0.2, 0.25) is 5.91 Å². The van der Waals surface area contributed by atoms with Gasteiger partial charge < -0.3 is 15.5 Å². The number of hydrogen-bond acceptors (Lipinski definition) is 4. The largest absolute Gasteiger partial charge is 0.367 e. The molecule has 0 radical (unpaired) electrons. The molecule has 0 aromatic rings. The molecule has 1 amide bonds. The summed E-state index contributed by atoms with van der Waals surface area (Å²) in [7, 11) is 1.88. The SMILES string of the molecule is CN[C@@H](C)C(=S)NC1CCSC2CC(C)(C)CN2C1=O. The van der Waals surface area contributed by atoms with Gasteiger partial charge in [-0.15, -0.1) is 11.8 Å². The highest BCUT2D eigenvalue weighted by atomic mass is 32.2. The van der Waals surface area contributed by atoms with Gasteiger partial charge in [-0.25, -0.2) is 0 Å². The smallest absolute Gasteiger partial charge is 0.246 e. The molecule has 0 bridgehead atoms. The second-order valence-electron chi connectivity index (χ2n) is 6.52. The van der Waals surface area contributed by atoms with Gasteiger partial charge in [0.25, 0.3) is 0 Å². The first-order valence-corrected chi connectivity index (χ1v) is 8.69. The highest BCUT2D eigenvalue weighted by molar-refractivity contribution is 7.99. The van der Waals surface area contributed by atoms with Gasteiger partial charge >= 0.3 is 0 Å². The molecule has 2 fully saturated rings. The van der Waals surface area contributed by atoms with E-state index in [0.29, 0.717) is 5.37 Å². The molecule has 2 rings (SSSR count). The molecule has 0 aromatic carbocycles. The number of fused-ring (bicyclic) bond motifs is 1. The predicted molar refractivity (Wildman–Crippen MR) is 89.0 cm³/mol. The summed E-state index contributed by atoms with van der Waals surface area (Å²) in [5.74, 6) is 1.23. The Bertz CT molecular complexity index is 400. The van der Waals surface area contributed by atoms with Gasteiger partial charge in [0.05, 0.1) is 16.4 Å². The van der Waals surface area contributed by atoms with Crippen LogP contribution in [0.2, 0.25) is 0 Å². The third-order valence-electron chi connectivity index (χ3n) is 4.11. The molecule has 2 N–H and O–H groups in total. The summed E-state index contributed by atoms with van der Waals surface area (Å²) in [6.45, 7) is 7.35. The molecule has 2 unspecified atom stereocenters. The van der Waals surface area contributed by atoms with E-state index in [2.05, 4.69) is 29.4 Å². The average molecular weight is 316 g/mol. The maximum absolute atomic E-state index is 12.7. The van der Waals surface area contributed by atoms with Crippen LogP contribution in [0.25, 0.3) is 0 Å². The van der Waals surface area contributed by atoms with Crippen LogP contribution in [0.3, 0.4) is 0 Å². The van der Waals surface area contributed by atoms with Gasteiger partial charge in [-0.1, -0.05) is 26.1 Å². The second kappa shape index (κ2) is 6.20. The number of carbonyl (C=O) groups is 1. The predicted octanol–water partition coefficient (Wildman–Crippen LogP) is 1.60. The molecule has 6 heteroatoms. The maximum Gasteiger partial charge on any atom is 0.246 e. The van der Waals surface area contributed by atoms with Crippen LogP contribution in [-0.4, -0.2) is 52.6 Å². The van der Waals surface area contributed by atoms with Crippen LogP contribution in [0.1, 0.15) is 33.6 Å². The van der Waals surface area contributed by atoms with Crippen molar-refractivity contribution in [1.29, 1.82) is 0 Å². The second-order valence-corrected chi connectivity index (χ2v) is 8.25. The van der Waals surface area contributed by atoms with E-state index in [1.54, 1.807) is 0 Å². The average Bonchev–Trinajstić information content (AvgIpc) is 2.63. The Morgan fingerprint density at radius 2 is 2.25 bits per heavy atom. The highest BCUT2D eigenvalue weighted by Crippen LogP contribution is 2.41. The summed E-state index contributed by atoms with van der Waals surface area (Å²) in [6.07, 6.45) is 1.95. The fourth-order valence-electron chi connectivity index (χ4n) is 2.79. The fraction of sp³-hybridized carbons (Fsp3) is 0.857. The number of thiocarbonyl (C=S) groups is 1. The van der Waals surface area contributed by atoms with Crippen molar-refractivity contribution < 1.29 is 4.79 Å². The van der Waals surface area contributed by atoms with Gasteiger partial charge in [-0.3, -0.25) is 4.79 Å². The Hall–Kier alpha value is -0.330. The van der Waals surface area contributed by atoms with Crippen molar-refractivity contribution in [2.75, 3.05) is 19.3 Å². The van der Waals surface area contributed by atoms with E-state index in [1.807, 2.05) is 25.7 Å². The van der Waals surface area contributed by atoms with Crippen LogP contribution in [0.15, 0.2) is 0 Å².